The van der Waals surface area contributed by atoms with Crippen molar-refractivity contribution in [2.24, 2.45) is 5.92 Å². The molecule has 0 saturated carbocycles. The Labute approximate surface area is 178 Å². The number of carbonyl (C=O) groups excluding carboxylic acids is 3. The highest BCUT2D eigenvalue weighted by atomic mass is 19.2. The predicted octanol–water partition coefficient (Wildman–Crippen LogP) is 2.81. The number of para-hydroxylation sites is 1. The third-order valence-electron chi connectivity index (χ3n) is 5.25. The van der Waals surface area contributed by atoms with Gasteiger partial charge < -0.3 is 20.9 Å². The second kappa shape index (κ2) is 10.0. The van der Waals surface area contributed by atoms with E-state index in [0.29, 0.717) is 31.6 Å². The number of likely N-dealkylation sites (tertiary alicyclic amines) is 1. The molecule has 3 N–H and O–H groups in total. The summed E-state index contributed by atoms with van der Waals surface area (Å²) in [6, 6.07) is 10.8. The lowest BCUT2D eigenvalue weighted by molar-refractivity contribution is -0.131. The molecule has 2 aromatic rings. The molecule has 1 heterocycles. The van der Waals surface area contributed by atoms with Crippen molar-refractivity contribution in [2.75, 3.05) is 25.5 Å². The topological polar surface area (TPSA) is 90.5 Å². The van der Waals surface area contributed by atoms with Crippen LogP contribution in [0, 0.1) is 17.6 Å². The van der Waals surface area contributed by atoms with Crippen molar-refractivity contribution in [3.8, 4) is 0 Å². The van der Waals surface area contributed by atoms with E-state index in [9.17, 15) is 23.2 Å². The fraction of sp³-hybridized carbons (Fsp3) is 0.318. The quantitative estimate of drug-likeness (QED) is 0.681. The van der Waals surface area contributed by atoms with Gasteiger partial charge in [0.1, 0.15) is 6.04 Å². The lowest BCUT2D eigenvalue weighted by Crippen LogP contribution is -2.47. The number of hydrogen-bond donors (Lipinski definition) is 3. The van der Waals surface area contributed by atoms with Gasteiger partial charge in [-0.1, -0.05) is 24.3 Å². The molecule has 1 atom stereocenters. The summed E-state index contributed by atoms with van der Waals surface area (Å²) in [7, 11) is 1.39. The van der Waals surface area contributed by atoms with Gasteiger partial charge in [0.25, 0.3) is 0 Å². The first-order valence-electron chi connectivity index (χ1n) is 9.97. The molecule has 3 rings (SSSR count). The number of anilines is 1. The fourth-order valence-electron chi connectivity index (χ4n) is 3.47. The van der Waals surface area contributed by atoms with E-state index in [1.807, 2.05) is 18.2 Å². The van der Waals surface area contributed by atoms with Gasteiger partial charge in [-0.15, -0.1) is 0 Å². The zero-order valence-corrected chi connectivity index (χ0v) is 17.0. The smallest absolute Gasteiger partial charge is 0.321 e. The number of nitrogens with zero attached hydrogens (tertiary/aromatic N) is 1. The minimum absolute atomic E-state index is 0.145. The summed E-state index contributed by atoms with van der Waals surface area (Å²) in [6.07, 6.45) is 0.846. The van der Waals surface area contributed by atoms with Gasteiger partial charge in [-0.25, -0.2) is 13.6 Å². The van der Waals surface area contributed by atoms with E-state index in [1.54, 1.807) is 17.0 Å². The normalized spacial score (nSPS) is 15.1. The van der Waals surface area contributed by atoms with Gasteiger partial charge in [0.2, 0.25) is 11.8 Å². The summed E-state index contributed by atoms with van der Waals surface area (Å²) in [6.45, 7) is 0.763. The number of amides is 4. The maximum absolute atomic E-state index is 13.6. The van der Waals surface area contributed by atoms with Crippen molar-refractivity contribution in [3.63, 3.8) is 0 Å². The molecule has 0 spiro atoms. The molecular formula is C22H24F2N4O3. The van der Waals surface area contributed by atoms with Crippen LogP contribution in [0.3, 0.4) is 0 Å². The van der Waals surface area contributed by atoms with Gasteiger partial charge in [0, 0.05) is 31.7 Å². The van der Waals surface area contributed by atoms with Gasteiger partial charge in [-0.2, -0.15) is 0 Å². The maximum atomic E-state index is 13.6. The molecular weight excluding hydrogens is 406 g/mol. The zero-order chi connectivity index (χ0) is 22.4. The highest BCUT2D eigenvalue weighted by Gasteiger charge is 2.31. The number of hydrogen-bond acceptors (Lipinski definition) is 3. The van der Waals surface area contributed by atoms with Crippen molar-refractivity contribution in [1.29, 1.82) is 0 Å². The summed E-state index contributed by atoms with van der Waals surface area (Å²) in [5.41, 5.74) is 0.832. The van der Waals surface area contributed by atoms with E-state index in [1.165, 1.54) is 13.1 Å². The van der Waals surface area contributed by atoms with Crippen LogP contribution >= 0.6 is 0 Å². The summed E-state index contributed by atoms with van der Waals surface area (Å²) in [5, 5.41) is 7.85. The number of benzene rings is 2. The first-order chi connectivity index (χ1) is 14.9. The largest absolute Gasteiger partial charge is 0.357 e. The number of nitrogens with one attached hydrogen (secondary N) is 3. The van der Waals surface area contributed by atoms with E-state index >= 15 is 0 Å². The molecule has 9 heteroatoms. The van der Waals surface area contributed by atoms with Crippen molar-refractivity contribution >= 4 is 23.5 Å². The van der Waals surface area contributed by atoms with E-state index in [-0.39, 0.29) is 17.5 Å². The first kappa shape index (κ1) is 22.2. The average molecular weight is 430 g/mol. The Balaban J connectivity index is 1.59. The first-order valence-corrected chi connectivity index (χ1v) is 9.97. The minimum atomic E-state index is -1.15. The molecule has 0 radical (unpaired) electrons. The molecule has 1 saturated heterocycles. The average Bonchev–Trinajstić information content (AvgIpc) is 2.79. The van der Waals surface area contributed by atoms with Crippen LogP contribution in [0.5, 0.6) is 0 Å². The zero-order valence-electron chi connectivity index (χ0n) is 17.0. The highest BCUT2D eigenvalue weighted by molar-refractivity contribution is 5.91. The molecule has 7 nitrogen and oxygen atoms in total. The second-order valence-corrected chi connectivity index (χ2v) is 7.29. The maximum Gasteiger partial charge on any atom is 0.321 e. The number of halogens is 2. The van der Waals surface area contributed by atoms with Crippen LogP contribution in [0.4, 0.5) is 19.3 Å². The third kappa shape index (κ3) is 5.56. The van der Waals surface area contributed by atoms with Crippen molar-refractivity contribution in [2.45, 2.75) is 18.9 Å². The molecule has 2 aromatic carbocycles. The van der Waals surface area contributed by atoms with E-state index in [0.717, 1.165) is 12.1 Å². The van der Waals surface area contributed by atoms with Crippen molar-refractivity contribution < 1.29 is 23.2 Å². The Hall–Kier alpha value is -3.49. The molecule has 1 fully saturated rings. The molecule has 1 aliphatic rings. The number of carbonyl (C=O) groups is 3. The Bertz CT molecular complexity index is 947. The molecule has 0 aliphatic carbocycles. The number of urea groups is 1. The van der Waals surface area contributed by atoms with E-state index < -0.39 is 29.5 Å². The van der Waals surface area contributed by atoms with Crippen LogP contribution in [0.25, 0.3) is 0 Å². The lowest BCUT2D eigenvalue weighted by atomic mass is 9.95. The molecule has 31 heavy (non-hydrogen) atoms. The van der Waals surface area contributed by atoms with Crippen molar-refractivity contribution in [3.05, 3.63) is 65.7 Å². The van der Waals surface area contributed by atoms with Crippen LogP contribution in [-0.2, 0) is 9.59 Å². The Morgan fingerprint density at radius 2 is 1.68 bits per heavy atom. The van der Waals surface area contributed by atoms with Gasteiger partial charge in [0.05, 0.1) is 0 Å². The Morgan fingerprint density at radius 3 is 2.29 bits per heavy atom. The Morgan fingerprint density at radius 1 is 1.00 bits per heavy atom. The molecule has 0 bridgehead atoms. The summed E-state index contributed by atoms with van der Waals surface area (Å²) >= 11 is 0. The molecule has 4 amide bonds. The van der Waals surface area contributed by atoms with Crippen LogP contribution in [0.1, 0.15) is 24.4 Å². The monoisotopic (exact) mass is 430 g/mol. The van der Waals surface area contributed by atoms with Gasteiger partial charge in [-0.3, -0.25) is 9.59 Å². The fourth-order valence-corrected chi connectivity index (χ4v) is 3.47. The van der Waals surface area contributed by atoms with Crippen molar-refractivity contribution in [1.82, 2.24) is 15.5 Å². The van der Waals surface area contributed by atoms with Gasteiger partial charge in [-0.05, 0) is 42.7 Å². The van der Waals surface area contributed by atoms with Gasteiger partial charge in [0.15, 0.2) is 11.6 Å². The standard InChI is InChI=1S/C22H24F2N4O3/c1-25-21(30)19(15-7-8-17(23)18(24)13-15)27-20(29)14-9-11-28(12-10-14)22(31)26-16-5-3-2-4-6-16/h2-8,13-14,19H,9-12H2,1H3,(H,25,30)(H,26,31)(H,27,29). The SMILES string of the molecule is CNC(=O)C(NC(=O)C1CCN(C(=O)Nc2ccccc2)CC1)c1ccc(F)c(F)c1. The van der Waals surface area contributed by atoms with E-state index in [2.05, 4.69) is 16.0 Å². The number of likely N-dealkylation sites (N-methyl/N-ethyl adjacent to an activating group) is 1. The third-order valence-corrected chi connectivity index (χ3v) is 5.25. The van der Waals surface area contributed by atoms with Gasteiger partial charge >= 0.3 is 6.03 Å². The second-order valence-electron chi connectivity index (χ2n) is 7.29. The van der Waals surface area contributed by atoms with E-state index in [4.69, 9.17) is 0 Å². The predicted molar refractivity (Wildman–Crippen MR) is 111 cm³/mol. The Kier molecular flexibility index (Phi) is 7.17. The minimum Gasteiger partial charge on any atom is -0.357 e. The lowest BCUT2D eigenvalue weighted by Gasteiger charge is -2.32. The van der Waals surface area contributed by atoms with Crippen LogP contribution in [0.15, 0.2) is 48.5 Å². The summed E-state index contributed by atoms with van der Waals surface area (Å²) in [4.78, 5) is 39.0. The molecule has 0 aromatic heterocycles. The molecule has 1 unspecified atom stereocenters. The summed E-state index contributed by atoms with van der Waals surface area (Å²) in [5.74, 6) is -3.45. The molecule has 164 valence electrons. The highest BCUT2D eigenvalue weighted by Crippen LogP contribution is 2.22. The summed E-state index contributed by atoms with van der Waals surface area (Å²) < 4.78 is 26.8. The van der Waals surface area contributed by atoms with Crippen LogP contribution < -0.4 is 16.0 Å². The number of rotatable bonds is 5. The van der Waals surface area contributed by atoms with Crippen LogP contribution in [0.2, 0.25) is 0 Å². The molecule has 1 aliphatic heterocycles. The number of piperidine rings is 1. The van der Waals surface area contributed by atoms with Crippen LogP contribution in [-0.4, -0.2) is 42.9 Å².